The Hall–Kier alpha value is -2.17. The van der Waals surface area contributed by atoms with Crippen LogP contribution in [0.25, 0.3) is 11.0 Å². The summed E-state index contributed by atoms with van der Waals surface area (Å²) in [6.07, 6.45) is 1.44. The third-order valence-corrected chi connectivity index (χ3v) is 3.60. The Morgan fingerprint density at radius 3 is 2.52 bits per heavy atom. The smallest absolute Gasteiger partial charge is 0.275 e. The van der Waals surface area contributed by atoms with Crippen LogP contribution >= 0.6 is 23.2 Å². The molecule has 2 aromatic carbocycles. The highest BCUT2D eigenvalue weighted by molar-refractivity contribution is 6.42. The molecule has 6 heteroatoms. The number of aromatic nitrogens is 2. The second-order valence-corrected chi connectivity index (χ2v) is 5.14. The number of benzene rings is 2. The molecular formula is C15H9Cl2N3O. The van der Waals surface area contributed by atoms with Crippen molar-refractivity contribution < 1.29 is 4.79 Å². The number of nitrogens with one attached hydrogen (secondary N) is 1. The normalized spacial score (nSPS) is 10.6. The quantitative estimate of drug-likeness (QED) is 0.771. The third-order valence-electron chi connectivity index (χ3n) is 2.86. The predicted molar refractivity (Wildman–Crippen MR) is 84.0 cm³/mol. The minimum Gasteiger partial charge on any atom is -0.321 e. The fourth-order valence-electron chi connectivity index (χ4n) is 1.84. The fourth-order valence-corrected chi connectivity index (χ4v) is 2.13. The van der Waals surface area contributed by atoms with Gasteiger partial charge in [-0.3, -0.25) is 9.78 Å². The summed E-state index contributed by atoms with van der Waals surface area (Å²) in [5, 5.41) is 3.51. The highest BCUT2D eigenvalue weighted by Crippen LogP contribution is 2.25. The van der Waals surface area contributed by atoms with E-state index in [9.17, 15) is 4.79 Å². The molecule has 0 saturated heterocycles. The van der Waals surface area contributed by atoms with Crippen LogP contribution in [0.4, 0.5) is 5.69 Å². The van der Waals surface area contributed by atoms with Gasteiger partial charge in [-0.1, -0.05) is 35.3 Å². The summed E-state index contributed by atoms with van der Waals surface area (Å²) in [5.41, 5.74) is 2.19. The van der Waals surface area contributed by atoms with E-state index >= 15 is 0 Å². The van der Waals surface area contributed by atoms with Crippen LogP contribution in [0.5, 0.6) is 0 Å². The first kappa shape index (κ1) is 13.8. The number of amides is 1. The van der Waals surface area contributed by atoms with Gasteiger partial charge in [-0.15, -0.1) is 0 Å². The van der Waals surface area contributed by atoms with Crippen molar-refractivity contribution in [2.24, 2.45) is 0 Å². The molecule has 21 heavy (non-hydrogen) atoms. The van der Waals surface area contributed by atoms with Crippen LogP contribution in [-0.4, -0.2) is 15.9 Å². The Kier molecular flexibility index (Phi) is 3.73. The Morgan fingerprint density at radius 2 is 1.76 bits per heavy atom. The number of anilines is 1. The highest BCUT2D eigenvalue weighted by atomic mass is 35.5. The van der Waals surface area contributed by atoms with Crippen LogP contribution < -0.4 is 5.32 Å². The molecule has 3 rings (SSSR count). The summed E-state index contributed by atoms with van der Waals surface area (Å²) >= 11 is 11.7. The van der Waals surface area contributed by atoms with Crippen LogP contribution in [0.2, 0.25) is 10.0 Å². The molecule has 0 aliphatic heterocycles. The van der Waals surface area contributed by atoms with Gasteiger partial charge < -0.3 is 5.32 Å². The van der Waals surface area contributed by atoms with E-state index in [0.717, 1.165) is 5.52 Å². The molecule has 1 N–H and O–H groups in total. The first-order valence-corrected chi connectivity index (χ1v) is 6.87. The second kappa shape index (κ2) is 5.68. The van der Waals surface area contributed by atoms with Crippen molar-refractivity contribution in [2.45, 2.75) is 0 Å². The number of hydrogen-bond acceptors (Lipinski definition) is 3. The lowest BCUT2D eigenvalue weighted by Gasteiger charge is -2.06. The predicted octanol–water partition coefficient (Wildman–Crippen LogP) is 4.19. The van der Waals surface area contributed by atoms with E-state index in [1.807, 2.05) is 18.2 Å². The molecule has 1 heterocycles. The van der Waals surface area contributed by atoms with Crippen molar-refractivity contribution in [1.29, 1.82) is 0 Å². The Bertz CT molecular complexity index is 836. The molecule has 3 aromatic rings. The number of hydrogen-bond donors (Lipinski definition) is 1. The van der Waals surface area contributed by atoms with Crippen molar-refractivity contribution >= 4 is 45.8 Å². The summed E-state index contributed by atoms with van der Waals surface area (Å²) in [6.45, 7) is 0. The molecule has 0 spiro atoms. The van der Waals surface area contributed by atoms with Crippen molar-refractivity contribution in [3.8, 4) is 0 Å². The van der Waals surface area contributed by atoms with Gasteiger partial charge in [-0.2, -0.15) is 0 Å². The molecule has 0 aliphatic carbocycles. The van der Waals surface area contributed by atoms with Gasteiger partial charge in [0, 0.05) is 5.69 Å². The summed E-state index contributed by atoms with van der Waals surface area (Å²) in [5.74, 6) is -0.355. The zero-order valence-corrected chi connectivity index (χ0v) is 12.2. The van der Waals surface area contributed by atoms with E-state index in [1.54, 1.807) is 24.3 Å². The Balaban J connectivity index is 1.87. The lowest BCUT2D eigenvalue weighted by molar-refractivity contribution is 0.102. The van der Waals surface area contributed by atoms with Crippen LogP contribution in [-0.2, 0) is 0 Å². The lowest BCUT2D eigenvalue weighted by Crippen LogP contribution is -2.14. The van der Waals surface area contributed by atoms with Crippen LogP contribution in [0.15, 0.2) is 48.7 Å². The van der Waals surface area contributed by atoms with E-state index in [2.05, 4.69) is 15.3 Å². The van der Waals surface area contributed by atoms with E-state index in [-0.39, 0.29) is 11.6 Å². The fraction of sp³-hybridized carbons (Fsp3) is 0. The van der Waals surface area contributed by atoms with Crippen molar-refractivity contribution in [3.63, 3.8) is 0 Å². The van der Waals surface area contributed by atoms with Gasteiger partial charge in [0.25, 0.3) is 5.91 Å². The topological polar surface area (TPSA) is 54.9 Å². The van der Waals surface area contributed by atoms with E-state index in [0.29, 0.717) is 21.2 Å². The van der Waals surface area contributed by atoms with Crippen molar-refractivity contribution in [3.05, 3.63) is 64.4 Å². The highest BCUT2D eigenvalue weighted by Gasteiger charge is 2.10. The van der Waals surface area contributed by atoms with Gasteiger partial charge in [0.2, 0.25) is 0 Å². The number of halogens is 2. The molecule has 0 radical (unpaired) electrons. The first-order valence-electron chi connectivity index (χ1n) is 6.12. The number of rotatable bonds is 2. The lowest BCUT2D eigenvalue weighted by atomic mass is 10.2. The molecule has 0 aliphatic rings. The minimum atomic E-state index is -0.355. The number of para-hydroxylation sites is 2. The monoisotopic (exact) mass is 317 g/mol. The minimum absolute atomic E-state index is 0.236. The Labute approximate surface area is 130 Å². The third kappa shape index (κ3) is 2.96. The molecule has 0 saturated carbocycles. The second-order valence-electron chi connectivity index (χ2n) is 4.33. The molecule has 1 amide bonds. The molecule has 1 aromatic heterocycles. The summed E-state index contributed by atoms with van der Waals surface area (Å²) in [7, 11) is 0. The van der Waals surface area contributed by atoms with E-state index < -0.39 is 0 Å². The van der Waals surface area contributed by atoms with Crippen molar-refractivity contribution in [2.75, 3.05) is 5.32 Å². The Morgan fingerprint density at radius 1 is 1.00 bits per heavy atom. The number of carbonyl (C=O) groups excluding carboxylic acids is 1. The molecule has 4 nitrogen and oxygen atoms in total. The maximum absolute atomic E-state index is 12.2. The standard InChI is InChI=1S/C15H9Cl2N3O/c16-10-6-5-9(7-11(10)17)19-15(21)14-8-18-12-3-1-2-4-13(12)20-14/h1-8H,(H,19,21). The molecule has 0 atom stereocenters. The average Bonchev–Trinajstić information content (AvgIpc) is 2.50. The first-order chi connectivity index (χ1) is 10.1. The van der Waals surface area contributed by atoms with E-state index in [1.165, 1.54) is 6.20 Å². The van der Waals surface area contributed by atoms with Crippen LogP contribution in [0.1, 0.15) is 10.5 Å². The number of fused-ring (bicyclic) bond motifs is 1. The summed E-state index contributed by atoms with van der Waals surface area (Å²) in [6, 6.07) is 12.2. The van der Waals surface area contributed by atoms with Gasteiger partial charge in [-0.25, -0.2) is 4.98 Å². The molecular weight excluding hydrogens is 309 g/mol. The number of carbonyl (C=O) groups is 1. The van der Waals surface area contributed by atoms with Crippen LogP contribution in [0.3, 0.4) is 0 Å². The largest absolute Gasteiger partial charge is 0.321 e. The summed E-state index contributed by atoms with van der Waals surface area (Å²) in [4.78, 5) is 20.6. The van der Waals surface area contributed by atoms with Gasteiger partial charge in [0.05, 0.1) is 27.3 Å². The molecule has 0 unspecified atom stereocenters. The molecule has 104 valence electrons. The zero-order valence-electron chi connectivity index (χ0n) is 10.7. The number of nitrogens with zero attached hydrogens (tertiary/aromatic N) is 2. The van der Waals surface area contributed by atoms with Crippen molar-refractivity contribution in [1.82, 2.24) is 9.97 Å². The zero-order chi connectivity index (χ0) is 14.8. The average molecular weight is 318 g/mol. The maximum Gasteiger partial charge on any atom is 0.275 e. The van der Waals surface area contributed by atoms with Crippen LogP contribution in [0, 0.1) is 0 Å². The van der Waals surface area contributed by atoms with Gasteiger partial charge in [0.1, 0.15) is 5.69 Å². The molecule has 0 fully saturated rings. The van der Waals surface area contributed by atoms with Gasteiger partial charge in [-0.05, 0) is 30.3 Å². The molecule has 0 bridgehead atoms. The maximum atomic E-state index is 12.2. The van der Waals surface area contributed by atoms with E-state index in [4.69, 9.17) is 23.2 Å². The van der Waals surface area contributed by atoms with Gasteiger partial charge in [0.15, 0.2) is 0 Å². The van der Waals surface area contributed by atoms with Gasteiger partial charge >= 0.3 is 0 Å². The summed E-state index contributed by atoms with van der Waals surface area (Å²) < 4.78 is 0. The SMILES string of the molecule is O=C(Nc1ccc(Cl)c(Cl)c1)c1cnc2ccccc2n1.